The molecule has 0 saturated carbocycles. The Morgan fingerprint density at radius 1 is 1.21 bits per heavy atom. The van der Waals surface area contributed by atoms with E-state index in [9.17, 15) is 9.59 Å². The summed E-state index contributed by atoms with van der Waals surface area (Å²) in [5.74, 6) is -0.174. The number of carbonyl (C=O) groups is 2. The van der Waals surface area contributed by atoms with Crippen LogP contribution >= 0.6 is 0 Å². The number of hydrogen-bond donors (Lipinski definition) is 2. The second-order valence-electron chi connectivity index (χ2n) is 4.67. The van der Waals surface area contributed by atoms with E-state index in [1.807, 2.05) is 31.1 Å². The van der Waals surface area contributed by atoms with Crippen LogP contribution in [0.5, 0.6) is 0 Å². The number of carbonyl (C=O) groups excluding carboxylic acids is 2. The van der Waals surface area contributed by atoms with E-state index in [-0.39, 0.29) is 11.8 Å². The van der Waals surface area contributed by atoms with Crippen molar-refractivity contribution in [2.75, 3.05) is 27.2 Å². The standard InChI is InChI=1S/C14H21N3O2/c1-11(18)16-10-12-5-4-6-13(9-12)14(19)15-7-8-17(2)3/h4-6,9H,7-8,10H2,1-3H3,(H,15,19)(H,16,18). The van der Waals surface area contributed by atoms with Crippen LogP contribution in [0.15, 0.2) is 24.3 Å². The monoisotopic (exact) mass is 263 g/mol. The van der Waals surface area contributed by atoms with Crippen molar-refractivity contribution in [1.29, 1.82) is 0 Å². The molecule has 104 valence electrons. The third-order valence-corrected chi connectivity index (χ3v) is 2.58. The summed E-state index contributed by atoms with van der Waals surface area (Å²) in [6.45, 7) is 3.32. The molecule has 0 spiro atoms. The first-order valence-electron chi connectivity index (χ1n) is 6.25. The number of rotatable bonds is 6. The lowest BCUT2D eigenvalue weighted by Crippen LogP contribution is -2.31. The van der Waals surface area contributed by atoms with E-state index < -0.39 is 0 Å². The minimum absolute atomic E-state index is 0.0826. The molecule has 0 heterocycles. The summed E-state index contributed by atoms with van der Waals surface area (Å²) in [5.41, 5.74) is 1.53. The Bertz CT molecular complexity index is 444. The van der Waals surface area contributed by atoms with Gasteiger partial charge in [0, 0.05) is 32.1 Å². The van der Waals surface area contributed by atoms with E-state index in [0.29, 0.717) is 18.7 Å². The predicted molar refractivity (Wildman–Crippen MR) is 74.8 cm³/mol. The lowest BCUT2D eigenvalue weighted by atomic mass is 10.1. The van der Waals surface area contributed by atoms with Gasteiger partial charge in [0.05, 0.1) is 0 Å². The van der Waals surface area contributed by atoms with Crippen LogP contribution in [0.2, 0.25) is 0 Å². The van der Waals surface area contributed by atoms with Crippen LogP contribution in [-0.2, 0) is 11.3 Å². The van der Waals surface area contributed by atoms with Gasteiger partial charge < -0.3 is 15.5 Å². The zero-order valence-electron chi connectivity index (χ0n) is 11.7. The Hall–Kier alpha value is -1.88. The topological polar surface area (TPSA) is 61.4 Å². The predicted octanol–water partition coefficient (Wildman–Crippen LogP) is 0.614. The first kappa shape index (κ1) is 15.2. The van der Waals surface area contributed by atoms with Gasteiger partial charge in [-0.25, -0.2) is 0 Å². The fourth-order valence-corrected chi connectivity index (χ4v) is 1.54. The van der Waals surface area contributed by atoms with Gasteiger partial charge in [0.25, 0.3) is 5.91 Å². The zero-order chi connectivity index (χ0) is 14.3. The summed E-state index contributed by atoms with van der Waals surface area (Å²) in [4.78, 5) is 24.8. The Morgan fingerprint density at radius 2 is 1.95 bits per heavy atom. The highest BCUT2D eigenvalue weighted by molar-refractivity contribution is 5.94. The molecular formula is C14H21N3O2. The smallest absolute Gasteiger partial charge is 0.251 e. The highest BCUT2D eigenvalue weighted by Gasteiger charge is 2.05. The fourth-order valence-electron chi connectivity index (χ4n) is 1.54. The average Bonchev–Trinajstić information content (AvgIpc) is 2.36. The third-order valence-electron chi connectivity index (χ3n) is 2.58. The minimum atomic E-state index is -0.0912. The van der Waals surface area contributed by atoms with Crippen molar-refractivity contribution < 1.29 is 9.59 Å². The molecule has 0 fully saturated rings. The molecular weight excluding hydrogens is 242 g/mol. The Kier molecular flexibility index (Phi) is 6.02. The number of nitrogens with one attached hydrogen (secondary N) is 2. The van der Waals surface area contributed by atoms with Crippen LogP contribution < -0.4 is 10.6 Å². The Balaban J connectivity index is 2.55. The van der Waals surface area contributed by atoms with Gasteiger partial charge in [-0.05, 0) is 31.8 Å². The second-order valence-corrected chi connectivity index (χ2v) is 4.67. The van der Waals surface area contributed by atoms with Gasteiger partial charge in [0.2, 0.25) is 5.91 Å². The number of benzene rings is 1. The summed E-state index contributed by atoms with van der Waals surface area (Å²) in [6, 6.07) is 7.26. The molecule has 0 atom stereocenters. The van der Waals surface area contributed by atoms with E-state index in [4.69, 9.17) is 0 Å². The second kappa shape index (κ2) is 7.53. The van der Waals surface area contributed by atoms with Crippen molar-refractivity contribution in [2.24, 2.45) is 0 Å². The molecule has 0 aliphatic rings. The molecule has 19 heavy (non-hydrogen) atoms. The Morgan fingerprint density at radius 3 is 2.58 bits per heavy atom. The van der Waals surface area contributed by atoms with Crippen molar-refractivity contribution in [1.82, 2.24) is 15.5 Å². The summed E-state index contributed by atoms with van der Waals surface area (Å²) in [7, 11) is 3.92. The van der Waals surface area contributed by atoms with Gasteiger partial charge in [-0.3, -0.25) is 9.59 Å². The molecule has 0 unspecified atom stereocenters. The molecule has 0 bridgehead atoms. The van der Waals surface area contributed by atoms with E-state index in [0.717, 1.165) is 12.1 Å². The molecule has 0 aliphatic carbocycles. The highest BCUT2D eigenvalue weighted by Crippen LogP contribution is 2.05. The lowest BCUT2D eigenvalue weighted by Gasteiger charge is -2.11. The molecule has 2 N–H and O–H groups in total. The molecule has 2 amide bonds. The molecule has 0 saturated heterocycles. The van der Waals surface area contributed by atoms with Crippen molar-refractivity contribution >= 4 is 11.8 Å². The SMILES string of the molecule is CC(=O)NCc1cccc(C(=O)NCCN(C)C)c1. The third kappa shape index (κ3) is 6.01. The van der Waals surface area contributed by atoms with E-state index in [1.54, 1.807) is 12.1 Å². The number of likely N-dealkylation sites (N-methyl/N-ethyl adjacent to an activating group) is 1. The average molecular weight is 263 g/mol. The molecule has 5 nitrogen and oxygen atoms in total. The molecule has 0 radical (unpaired) electrons. The summed E-state index contributed by atoms with van der Waals surface area (Å²) in [5, 5.41) is 5.56. The van der Waals surface area contributed by atoms with Crippen LogP contribution in [0.1, 0.15) is 22.8 Å². The molecule has 1 aromatic carbocycles. The zero-order valence-corrected chi connectivity index (χ0v) is 11.7. The lowest BCUT2D eigenvalue weighted by molar-refractivity contribution is -0.119. The summed E-state index contributed by atoms with van der Waals surface area (Å²) >= 11 is 0. The first-order valence-corrected chi connectivity index (χ1v) is 6.25. The Labute approximate surface area is 114 Å². The van der Waals surface area contributed by atoms with Crippen molar-refractivity contribution in [3.8, 4) is 0 Å². The minimum Gasteiger partial charge on any atom is -0.352 e. The number of amides is 2. The molecule has 1 aromatic rings. The maximum Gasteiger partial charge on any atom is 0.251 e. The van der Waals surface area contributed by atoms with Crippen molar-refractivity contribution in [2.45, 2.75) is 13.5 Å². The molecule has 0 aromatic heterocycles. The fraction of sp³-hybridized carbons (Fsp3) is 0.429. The largest absolute Gasteiger partial charge is 0.352 e. The molecule has 0 aliphatic heterocycles. The summed E-state index contributed by atoms with van der Waals surface area (Å²) in [6.07, 6.45) is 0. The summed E-state index contributed by atoms with van der Waals surface area (Å²) < 4.78 is 0. The first-order chi connectivity index (χ1) is 8.99. The molecule has 1 rings (SSSR count). The quantitative estimate of drug-likeness (QED) is 0.790. The maximum atomic E-state index is 11.9. The van der Waals surface area contributed by atoms with Crippen LogP contribution in [-0.4, -0.2) is 43.9 Å². The van der Waals surface area contributed by atoms with Gasteiger partial charge in [-0.15, -0.1) is 0 Å². The van der Waals surface area contributed by atoms with Crippen molar-refractivity contribution in [3.05, 3.63) is 35.4 Å². The normalized spacial score (nSPS) is 10.3. The van der Waals surface area contributed by atoms with Crippen LogP contribution in [0, 0.1) is 0 Å². The van der Waals surface area contributed by atoms with Gasteiger partial charge in [-0.1, -0.05) is 12.1 Å². The van der Waals surface area contributed by atoms with Crippen LogP contribution in [0.3, 0.4) is 0 Å². The number of hydrogen-bond acceptors (Lipinski definition) is 3. The van der Waals surface area contributed by atoms with Crippen molar-refractivity contribution in [3.63, 3.8) is 0 Å². The van der Waals surface area contributed by atoms with Gasteiger partial charge in [-0.2, -0.15) is 0 Å². The van der Waals surface area contributed by atoms with Crippen LogP contribution in [0.4, 0.5) is 0 Å². The van der Waals surface area contributed by atoms with E-state index in [2.05, 4.69) is 10.6 Å². The van der Waals surface area contributed by atoms with Crippen LogP contribution in [0.25, 0.3) is 0 Å². The van der Waals surface area contributed by atoms with Gasteiger partial charge >= 0.3 is 0 Å². The maximum absolute atomic E-state index is 11.9. The number of nitrogens with zero attached hydrogens (tertiary/aromatic N) is 1. The highest BCUT2D eigenvalue weighted by atomic mass is 16.2. The van der Waals surface area contributed by atoms with Gasteiger partial charge in [0.1, 0.15) is 0 Å². The van der Waals surface area contributed by atoms with E-state index >= 15 is 0 Å². The van der Waals surface area contributed by atoms with Gasteiger partial charge in [0.15, 0.2) is 0 Å². The van der Waals surface area contributed by atoms with E-state index in [1.165, 1.54) is 6.92 Å². The molecule has 5 heteroatoms.